The standard InChI is InChI=1S/C20H23NO3/c1-3-24-20(23)18-11-9-16(10-12-18)13-15(2)21-14-19(22)17-7-5-4-6-8-17/h4-12,15,21H,3,13-14H2,1-2H3. The largest absolute Gasteiger partial charge is 0.462 e. The zero-order valence-electron chi connectivity index (χ0n) is 14.1. The average molecular weight is 325 g/mol. The molecule has 0 saturated heterocycles. The van der Waals surface area contributed by atoms with Crippen LogP contribution < -0.4 is 5.32 Å². The summed E-state index contributed by atoms with van der Waals surface area (Å²) < 4.78 is 4.97. The van der Waals surface area contributed by atoms with E-state index in [-0.39, 0.29) is 17.8 Å². The molecule has 1 unspecified atom stereocenters. The topological polar surface area (TPSA) is 55.4 Å². The second-order valence-electron chi connectivity index (χ2n) is 5.69. The highest BCUT2D eigenvalue weighted by molar-refractivity contribution is 5.97. The third kappa shape index (κ3) is 5.32. The number of benzene rings is 2. The highest BCUT2D eigenvalue weighted by Gasteiger charge is 2.10. The van der Waals surface area contributed by atoms with Crippen molar-refractivity contribution in [1.82, 2.24) is 5.32 Å². The molecular weight excluding hydrogens is 302 g/mol. The number of carbonyl (C=O) groups excluding carboxylic acids is 2. The molecule has 0 aliphatic rings. The number of nitrogens with one attached hydrogen (secondary N) is 1. The number of hydrogen-bond donors (Lipinski definition) is 1. The van der Waals surface area contributed by atoms with E-state index < -0.39 is 0 Å². The second-order valence-corrected chi connectivity index (χ2v) is 5.69. The van der Waals surface area contributed by atoms with Crippen LogP contribution in [0, 0.1) is 0 Å². The van der Waals surface area contributed by atoms with Crippen LogP contribution in [0.4, 0.5) is 0 Å². The van der Waals surface area contributed by atoms with Crippen LogP contribution in [-0.2, 0) is 11.2 Å². The molecule has 126 valence electrons. The van der Waals surface area contributed by atoms with E-state index in [0.29, 0.717) is 18.7 Å². The number of carbonyl (C=O) groups is 2. The van der Waals surface area contributed by atoms with Gasteiger partial charge < -0.3 is 10.1 Å². The van der Waals surface area contributed by atoms with Crippen molar-refractivity contribution < 1.29 is 14.3 Å². The Balaban J connectivity index is 1.83. The Kier molecular flexibility index (Phi) is 6.70. The Labute approximate surface area is 142 Å². The Hall–Kier alpha value is -2.46. The van der Waals surface area contributed by atoms with Crippen molar-refractivity contribution in [2.75, 3.05) is 13.2 Å². The quantitative estimate of drug-likeness (QED) is 0.598. The number of rotatable bonds is 8. The Morgan fingerprint density at radius 3 is 2.29 bits per heavy atom. The maximum absolute atomic E-state index is 12.1. The van der Waals surface area contributed by atoms with Crippen molar-refractivity contribution in [3.63, 3.8) is 0 Å². The summed E-state index contributed by atoms with van der Waals surface area (Å²) in [6.45, 7) is 4.51. The van der Waals surface area contributed by atoms with Crippen LogP contribution in [0.2, 0.25) is 0 Å². The number of hydrogen-bond acceptors (Lipinski definition) is 4. The Morgan fingerprint density at radius 2 is 1.67 bits per heavy atom. The first-order valence-electron chi connectivity index (χ1n) is 8.18. The molecule has 0 aliphatic heterocycles. The molecule has 4 nitrogen and oxygen atoms in total. The molecule has 0 aromatic heterocycles. The van der Waals surface area contributed by atoms with Crippen LogP contribution in [-0.4, -0.2) is 30.9 Å². The van der Waals surface area contributed by atoms with Crippen LogP contribution in [0.1, 0.15) is 40.1 Å². The van der Waals surface area contributed by atoms with Gasteiger partial charge in [0.1, 0.15) is 0 Å². The van der Waals surface area contributed by atoms with Gasteiger partial charge >= 0.3 is 5.97 Å². The summed E-state index contributed by atoms with van der Waals surface area (Å²) in [5.74, 6) is -0.219. The van der Waals surface area contributed by atoms with E-state index in [0.717, 1.165) is 17.5 Å². The van der Waals surface area contributed by atoms with Crippen molar-refractivity contribution in [3.8, 4) is 0 Å². The van der Waals surface area contributed by atoms with Crippen molar-refractivity contribution in [2.45, 2.75) is 26.3 Å². The molecular formula is C20H23NO3. The third-order valence-corrected chi connectivity index (χ3v) is 3.71. The lowest BCUT2D eigenvalue weighted by Gasteiger charge is -2.13. The minimum atomic E-state index is -0.302. The molecule has 2 rings (SSSR count). The summed E-state index contributed by atoms with van der Waals surface area (Å²) in [6, 6.07) is 16.8. The molecule has 2 aromatic rings. The molecule has 0 radical (unpaired) electrons. The van der Waals surface area contributed by atoms with Crippen LogP contribution in [0.25, 0.3) is 0 Å². The normalized spacial score (nSPS) is 11.8. The number of ketones is 1. The molecule has 4 heteroatoms. The molecule has 1 N–H and O–H groups in total. The van der Waals surface area contributed by atoms with Crippen LogP contribution in [0.5, 0.6) is 0 Å². The lowest BCUT2D eigenvalue weighted by Crippen LogP contribution is -2.33. The minimum absolute atomic E-state index is 0.0834. The van der Waals surface area contributed by atoms with Crippen LogP contribution in [0.15, 0.2) is 54.6 Å². The van der Waals surface area contributed by atoms with Crippen molar-refractivity contribution in [2.24, 2.45) is 0 Å². The SMILES string of the molecule is CCOC(=O)c1ccc(CC(C)NCC(=O)c2ccccc2)cc1. The Bertz CT molecular complexity index is 665. The first-order valence-corrected chi connectivity index (χ1v) is 8.18. The van der Waals surface area contributed by atoms with Gasteiger partial charge in [0.05, 0.1) is 18.7 Å². The first kappa shape index (κ1) is 17.9. The summed E-state index contributed by atoms with van der Waals surface area (Å²) in [6.07, 6.45) is 0.783. The minimum Gasteiger partial charge on any atom is -0.462 e. The van der Waals surface area contributed by atoms with Gasteiger partial charge in [-0.05, 0) is 38.0 Å². The van der Waals surface area contributed by atoms with E-state index in [9.17, 15) is 9.59 Å². The predicted octanol–water partition coefficient (Wildman–Crippen LogP) is 3.27. The fourth-order valence-electron chi connectivity index (χ4n) is 2.41. The molecule has 0 saturated carbocycles. The maximum atomic E-state index is 12.1. The van der Waals surface area contributed by atoms with E-state index in [1.165, 1.54) is 0 Å². The molecule has 0 spiro atoms. The zero-order valence-corrected chi connectivity index (χ0v) is 14.1. The third-order valence-electron chi connectivity index (χ3n) is 3.71. The smallest absolute Gasteiger partial charge is 0.338 e. The number of ether oxygens (including phenoxy) is 1. The zero-order chi connectivity index (χ0) is 17.4. The molecule has 1 atom stereocenters. The van der Waals surface area contributed by atoms with Crippen LogP contribution >= 0.6 is 0 Å². The molecule has 0 bridgehead atoms. The van der Waals surface area contributed by atoms with E-state index in [4.69, 9.17) is 4.74 Å². The molecule has 0 heterocycles. The fraction of sp³-hybridized carbons (Fsp3) is 0.300. The molecule has 0 amide bonds. The van der Waals surface area contributed by atoms with Gasteiger partial charge in [0.25, 0.3) is 0 Å². The maximum Gasteiger partial charge on any atom is 0.338 e. The summed E-state index contributed by atoms with van der Waals surface area (Å²) in [7, 11) is 0. The number of esters is 1. The second kappa shape index (κ2) is 8.99. The van der Waals surface area contributed by atoms with Crippen molar-refractivity contribution in [1.29, 1.82) is 0 Å². The van der Waals surface area contributed by atoms with E-state index >= 15 is 0 Å². The van der Waals surface area contributed by atoms with Crippen LogP contribution in [0.3, 0.4) is 0 Å². The van der Waals surface area contributed by atoms with E-state index in [1.54, 1.807) is 19.1 Å². The van der Waals surface area contributed by atoms with Gasteiger partial charge in [-0.2, -0.15) is 0 Å². The summed E-state index contributed by atoms with van der Waals surface area (Å²) in [5.41, 5.74) is 2.38. The summed E-state index contributed by atoms with van der Waals surface area (Å²) in [5, 5.41) is 3.25. The lowest BCUT2D eigenvalue weighted by molar-refractivity contribution is 0.0526. The van der Waals surface area contributed by atoms with Gasteiger partial charge in [-0.15, -0.1) is 0 Å². The monoisotopic (exact) mass is 325 g/mol. The molecule has 0 aliphatic carbocycles. The van der Waals surface area contributed by atoms with E-state index in [2.05, 4.69) is 5.32 Å². The number of Topliss-reactive ketones (excluding diaryl/α,β-unsaturated/α-hetero) is 1. The van der Waals surface area contributed by atoms with E-state index in [1.807, 2.05) is 49.4 Å². The van der Waals surface area contributed by atoms with Gasteiger partial charge in [0.15, 0.2) is 5.78 Å². The van der Waals surface area contributed by atoms with Gasteiger partial charge in [-0.1, -0.05) is 42.5 Å². The molecule has 24 heavy (non-hydrogen) atoms. The van der Waals surface area contributed by atoms with Crippen molar-refractivity contribution >= 4 is 11.8 Å². The lowest BCUT2D eigenvalue weighted by atomic mass is 10.0. The highest BCUT2D eigenvalue weighted by Crippen LogP contribution is 2.08. The van der Waals surface area contributed by atoms with Gasteiger partial charge in [0.2, 0.25) is 0 Å². The highest BCUT2D eigenvalue weighted by atomic mass is 16.5. The van der Waals surface area contributed by atoms with Gasteiger partial charge in [-0.3, -0.25) is 4.79 Å². The average Bonchev–Trinajstić information content (AvgIpc) is 2.61. The summed E-state index contributed by atoms with van der Waals surface area (Å²) in [4.78, 5) is 23.7. The van der Waals surface area contributed by atoms with Gasteiger partial charge in [-0.25, -0.2) is 4.79 Å². The van der Waals surface area contributed by atoms with Gasteiger partial charge in [0, 0.05) is 11.6 Å². The molecule has 2 aromatic carbocycles. The fourth-order valence-corrected chi connectivity index (χ4v) is 2.41. The molecule has 0 fully saturated rings. The Morgan fingerprint density at radius 1 is 1.00 bits per heavy atom. The summed E-state index contributed by atoms with van der Waals surface area (Å²) >= 11 is 0. The van der Waals surface area contributed by atoms with Crippen molar-refractivity contribution in [3.05, 3.63) is 71.3 Å². The first-order chi connectivity index (χ1) is 11.6. The predicted molar refractivity (Wildman–Crippen MR) is 94.3 cm³/mol.